The van der Waals surface area contributed by atoms with Crippen molar-refractivity contribution < 1.29 is 38.2 Å². The molecule has 1 heterocycles. The number of likely N-dealkylation sites (tertiary alicyclic amines) is 1. The second kappa shape index (κ2) is 16.6. The molecule has 0 spiro atoms. The normalized spacial score (nSPS) is 16.3. The lowest BCUT2D eigenvalue weighted by Crippen LogP contribution is -2.48. The first kappa shape index (κ1) is 34.2. The van der Waals surface area contributed by atoms with Crippen molar-refractivity contribution in [3.8, 4) is 5.75 Å². The van der Waals surface area contributed by atoms with Gasteiger partial charge in [-0.05, 0) is 67.5 Å². The van der Waals surface area contributed by atoms with Crippen LogP contribution in [-0.2, 0) is 41.7 Å². The topological polar surface area (TPSA) is 128 Å². The van der Waals surface area contributed by atoms with Crippen LogP contribution in [0.2, 0.25) is 0 Å². The number of ether oxygens (including phenoxy) is 3. The summed E-state index contributed by atoms with van der Waals surface area (Å²) in [5.41, 5.74) is 3.48. The third-order valence-electron chi connectivity index (χ3n) is 7.54. The van der Waals surface area contributed by atoms with Crippen molar-refractivity contribution >= 4 is 40.8 Å². The number of carbonyl (C=O) groups is 5. The van der Waals surface area contributed by atoms with Crippen LogP contribution in [0.4, 0.5) is 4.79 Å². The average molecular weight is 647 g/mol. The molecule has 0 unspecified atom stereocenters. The van der Waals surface area contributed by atoms with Gasteiger partial charge in [0.2, 0.25) is 11.8 Å². The fourth-order valence-electron chi connectivity index (χ4n) is 5.40. The summed E-state index contributed by atoms with van der Waals surface area (Å²) in [4.78, 5) is 65.3. The third-order valence-corrected chi connectivity index (χ3v) is 8.54. The van der Waals surface area contributed by atoms with E-state index >= 15 is 0 Å². The van der Waals surface area contributed by atoms with Crippen LogP contribution in [-0.4, -0.2) is 58.4 Å². The van der Waals surface area contributed by atoms with E-state index in [-0.39, 0.29) is 43.1 Å². The third kappa shape index (κ3) is 9.43. The first-order valence-corrected chi connectivity index (χ1v) is 16.0. The Morgan fingerprint density at radius 3 is 2.26 bits per heavy atom. The maximum absolute atomic E-state index is 13.6. The predicted octanol–water partition coefficient (Wildman–Crippen LogP) is 5.31. The Kier molecular flexibility index (Phi) is 12.4. The summed E-state index contributed by atoms with van der Waals surface area (Å²) in [6.07, 6.45) is 0.370. The number of nitrogens with one attached hydrogen (secondary N) is 1. The molecular weight excluding hydrogens is 608 g/mol. The SMILES string of the molecule is CCOC(=O)[C@H]1CC[C@@H](c2ccccc2C)N1C(=O)CNC(=O)[C@H](Cc1ccc(OC(=O)OCc2ccccc2)cc1)SC(C)=O. The second-order valence-corrected chi connectivity index (χ2v) is 12.2. The van der Waals surface area contributed by atoms with Crippen molar-refractivity contribution in [2.75, 3.05) is 13.2 Å². The van der Waals surface area contributed by atoms with E-state index in [2.05, 4.69) is 5.32 Å². The van der Waals surface area contributed by atoms with Crippen molar-refractivity contribution in [1.29, 1.82) is 0 Å². The van der Waals surface area contributed by atoms with Gasteiger partial charge in [0.25, 0.3) is 0 Å². The highest BCUT2D eigenvalue weighted by Gasteiger charge is 2.42. The highest BCUT2D eigenvalue weighted by Crippen LogP contribution is 2.38. The number of benzene rings is 3. The lowest BCUT2D eigenvalue weighted by Gasteiger charge is -2.30. The zero-order chi connectivity index (χ0) is 33.1. The maximum atomic E-state index is 13.6. The number of rotatable bonds is 12. The number of hydrogen-bond acceptors (Lipinski definition) is 9. The molecule has 1 aliphatic heterocycles. The van der Waals surface area contributed by atoms with E-state index in [1.165, 1.54) is 11.8 Å². The van der Waals surface area contributed by atoms with Gasteiger partial charge in [-0.2, -0.15) is 0 Å². The van der Waals surface area contributed by atoms with Crippen molar-refractivity contribution in [2.45, 2.75) is 64.0 Å². The Labute approximate surface area is 272 Å². The molecule has 10 nitrogen and oxygen atoms in total. The fraction of sp³-hybridized carbons (Fsp3) is 0.343. The Hall–Kier alpha value is -4.64. The number of hydrogen-bond donors (Lipinski definition) is 1. The molecule has 242 valence electrons. The monoisotopic (exact) mass is 646 g/mol. The second-order valence-electron chi connectivity index (χ2n) is 10.8. The minimum absolute atomic E-state index is 0.0765. The average Bonchev–Trinajstić information content (AvgIpc) is 3.49. The van der Waals surface area contributed by atoms with Crippen LogP contribution in [0, 0.1) is 6.92 Å². The van der Waals surface area contributed by atoms with Crippen molar-refractivity contribution in [2.24, 2.45) is 0 Å². The summed E-state index contributed by atoms with van der Waals surface area (Å²) >= 11 is 0.862. The van der Waals surface area contributed by atoms with Gasteiger partial charge < -0.3 is 24.4 Å². The summed E-state index contributed by atoms with van der Waals surface area (Å²) in [5.74, 6) is -1.11. The Morgan fingerprint density at radius 1 is 0.891 bits per heavy atom. The van der Waals surface area contributed by atoms with Gasteiger partial charge in [-0.3, -0.25) is 14.4 Å². The molecule has 1 fully saturated rings. The van der Waals surface area contributed by atoms with Gasteiger partial charge in [0.1, 0.15) is 18.4 Å². The lowest BCUT2D eigenvalue weighted by molar-refractivity contribution is -0.154. The zero-order valence-electron chi connectivity index (χ0n) is 26.1. The van der Waals surface area contributed by atoms with Gasteiger partial charge in [0, 0.05) is 6.92 Å². The quantitative estimate of drug-likeness (QED) is 0.206. The first-order chi connectivity index (χ1) is 22.2. The maximum Gasteiger partial charge on any atom is 0.514 e. The zero-order valence-corrected chi connectivity index (χ0v) is 26.9. The molecule has 1 N–H and O–H groups in total. The van der Waals surface area contributed by atoms with E-state index in [1.54, 1.807) is 31.2 Å². The highest BCUT2D eigenvalue weighted by atomic mass is 32.2. The molecular formula is C35H38N2O8S. The number of carbonyl (C=O) groups excluding carboxylic acids is 5. The van der Waals surface area contributed by atoms with Crippen LogP contribution < -0.4 is 10.1 Å². The number of amides is 2. The molecule has 1 aliphatic rings. The molecule has 0 saturated carbocycles. The molecule has 1 saturated heterocycles. The molecule has 46 heavy (non-hydrogen) atoms. The number of nitrogens with zero attached hydrogens (tertiary/aromatic N) is 1. The van der Waals surface area contributed by atoms with E-state index in [4.69, 9.17) is 14.2 Å². The van der Waals surface area contributed by atoms with Crippen molar-refractivity contribution in [1.82, 2.24) is 10.2 Å². The van der Waals surface area contributed by atoms with Crippen LogP contribution in [0.5, 0.6) is 5.75 Å². The van der Waals surface area contributed by atoms with Gasteiger partial charge in [-0.15, -0.1) is 0 Å². The molecule has 3 atom stereocenters. The van der Waals surface area contributed by atoms with Gasteiger partial charge >= 0.3 is 12.1 Å². The minimum atomic E-state index is -0.849. The largest absolute Gasteiger partial charge is 0.514 e. The smallest absolute Gasteiger partial charge is 0.464 e. The van der Waals surface area contributed by atoms with Crippen molar-refractivity contribution in [3.05, 3.63) is 101 Å². The van der Waals surface area contributed by atoms with E-state index in [9.17, 15) is 24.0 Å². The fourth-order valence-corrected chi connectivity index (χ4v) is 6.27. The van der Waals surface area contributed by atoms with E-state index < -0.39 is 35.2 Å². The standard InChI is InChI=1S/C35H38N2O8S/c1-4-43-34(41)30-19-18-29(28-13-9-8-10-23(28)2)37(30)32(39)21-36-33(40)31(46-24(3)38)20-25-14-16-27(17-15-25)45-35(42)44-22-26-11-6-5-7-12-26/h5-17,29-31H,4,18-22H2,1-3H3,(H,36,40)/t29-,30+,31-/m0/s1. The minimum Gasteiger partial charge on any atom is -0.464 e. The summed E-state index contributed by atoms with van der Waals surface area (Å²) in [5, 5.41) is 1.61. The van der Waals surface area contributed by atoms with Crippen LogP contribution in [0.15, 0.2) is 78.9 Å². The predicted molar refractivity (Wildman–Crippen MR) is 173 cm³/mol. The van der Waals surface area contributed by atoms with Crippen LogP contribution in [0.3, 0.4) is 0 Å². The number of esters is 1. The Morgan fingerprint density at radius 2 is 1.59 bits per heavy atom. The van der Waals surface area contributed by atoms with E-state index in [1.807, 2.05) is 61.5 Å². The first-order valence-electron chi connectivity index (χ1n) is 15.1. The highest BCUT2D eigenvalue weighted by molar-refractivity contribution is 8.14. The molecule has 0 bridgehead atoms. The molecule has 3 aromatic carbocycles. The molecule has 0 aliphatic carbocycles. The van der Waals surface area contributed by atoms with Gasteiger partial charge in [-0.1, -0.05) is 78.5 Å². The van der Waals surface area contributed by atoms with Gasteiger partial charge in [-0.25, -0.2) is 9.59 Å². The van der Waals surface area contributed by atoms with Crippen LogP contribution >= 0.6 is 11.8 Å². The summed E-state index contributed by atoms with van der Waals surface area (Å²) < 4.78 is 15.6. The van der Waals surface area contributed by atoms with Crippen LogP contribution in [0.25, 0.3) is 0 Å². The molecule has 4 rings (SSSR count). The van der Waals surface area contributed by atoms with E-state index in [0.717, 1.165) is 28.5 Å². The summed E-state index contributed by atoms with van der Waals surface area (Å²) in [6.45, 7) is 4.97. The van der Waals surface area contributed by atoms with Gasteiger partial charge in [0.15, 0.2) is 5.12 Å². The summed E-state index contributed by atoms with van der Waals surface area (Å²) in [6, 6.07) is 22.4. The molecule has 0 radical (unpaired) electrons. The van der Waals surface area contributed by atoms with Crippen LogP contribution in [0.1, 0.15) is 55.0 Å². The molecule has 0 aromatic heterocycles. The number of aryl methyl sites for hydroxylation is 1. The Bertz CT molecular complexity index is 1530. The lowest BCUT2D eigenvalue weighted by atomic mass is 9.99. The molecule has 3 aromatic rings. The van der Waals surface area contributed by atoms with Gasteiger partial charge in [0.05, 0.1) is 24.4 Å². The van der Waals surface area contributed by atoms with Crippen molar-refractivity contribution in [3.63, 3.8) is 0 Å². The van der Waals surface area contributed by atoms with E-state index in [0.29, 0.717) is 18.4 Å². The number of thioether (sulfide) groups is 1. The molecule has 2 amide bonds. The Balaban J connectivity index is 1.38. The summed E-state index contributed by atoms with van der Waals surface area (Å²) in [7, 11) is 0. The molecule has 11 heteroatoms.